The molecule has 1 aliphatic heterocycles. The van der Waals surface area contributed by atoms with Crippen molar-refractivity contribution < 1.29 is 4.79 Å². The molecule has 8 nitrogen and oxygen atoms in total. The molecule has 3 heterocycles. The van der Waals surface area contributed by atoms with Crippen molar-refractivity contribution in [2.24, 2.45) is 7.05 Å². The molecule has 0 radical (unpaired) electrons. The Balaban J connectivity index is 1.43. The third kappa shape index (κ3) is 4.05. The molecule has 1 fully saturated rings. The van der Waals surface area contributed by atoms with Crippen LogP contribution >= 0.6 is 0 Å². The first kappa shape index (κ1) is 21.1. The van der Waals surface area contributed by atoms with Crippen LogP contribution in [0.2, 0.25) is 0 Å². The predicted octanol–water partition coefficient (Wildman–Crippen LogP) is 2.39. The fourth-order valence-electron chi connectivity index (χ4n) is 4.21. The van der Waals surface area contributed by atoms with Gasteiger partial charge in [0.1, 0.15) is 5.52 Å². The number of fused-ring (bicyclic) bond motifs is 1. The molecule has 0 atom stereocenters. The van der Waals surface area contributed by atoms with Crippen LogP contribution in [0.25, 0.3) is 16.7 Å². The number of hydrogen-bond acceptors (Lipinski definition) is 5. The summed E-state index contributed by atoms with van der Waals surface area (Å²) in [5.74, 6) is -0.189. The van der Waals surface area contributed by atoms with E-state index >= 15 is 0 Å². The van der Waals surface area contributed by atoms with Crippen molar-refractivity contribution >= 4 is 16.9 Å². The van der Waals surface area contributed by atoms with Crippen LogP contribution in [0.15, 0.2) is 65.7 Å². The molecule has 0 N–H and O–H groups in total. The lowest BCUT2D eigenvalue weighted by Gasteiger charge is -2.34. The molecule has 33 heavy (non-hydrogen) atoms. The standard InChI is InChI=1S/C25H26N6O2/c1-18-8-10-20(11-9-18)31-23-21(26-17-28(2)25(23)33)22(27-31)24(32)30-14-12-29(13-15-30)16-19-6-4-3-5-7-19/h3-11,17H,12-16H2,1-2H3. The molecule has 0 spiro atoms. The van der Waals surface area contributed by atoms with Gasteiger partial charge in [0.25, 0.3) is 11.5 Å². The Morgan fingerprint density at radius 3 is 2.36 bits per heavy atom. The van der Waals surface area contributed by atoms with E-state index in [1.807, 2.05) is 54.3 Å². The monoisotopic (exact) mass is 442 g/mol. The fraction of sp³-hybridized carbons (Fsp3) is 0.280. The summed E-state index contributed by atoms with van der Waals surface area (Å²) >= 11 is 0. The number of nitrogens with zero attached hydrogens (tertiary/aromatic N) is 6. The van der Waals surface area contributed by atoms with Crippen molar-refractivity contribution in [3.8, 4) is 5.69 Å². The summed E-state index contributed by atoms with van der Waals surface area (Å²) in [7, 11) is 1.65. The second-order valence-corrected chi connectivity index (χ2v) is 8.51. The van der Waals surface area contributed by atoms with E-state index in [4.69, 9.17) is 0 Å². The Bertz CT molecular complexity index is 1350. The van der Waals surface area contributed by atoms with Gasteiger partial charge in [0, 0.05) is 39.8 Å². The van der Waals surface area contributed by atoms with Crippen molar-refractivity contribution in [2.75, 3.05) is 26.2 Å². The number of aryl methyl sites for hydroxylation is 2. The molecular formula is C25H26N6O2. The minimum Gasteiger partial charge on any atom is -0.335 e. The molecule has 4 aromatic rings. The SMILES string of the molecule is Cc1ccc(-n2nc(C(=O)N3CCN(Cc4ccccc4)CC3)c3ncn(C)c(=O)c32)cc1. The molecule has 2 aromatic carbocycles. The van der Waals surface area contributed by atoms with Gasteiger partial charge >= 0.3 is 0 Å². The quantitative estimate of drug-likeness (QED) is 0.485. The maximum absolute atomic E-state index is 13.5. The Kier molecular flexibility index (Phi) is 5.51. The van der Waals surface area contributed by atoms with Gasteiger partial charge in [0.2, 0.25) is 0 Å². The highest BCUT2D eigenvalue weighted by Gasteiger charge is 2.28. The number of rotatable bonds is 4. The van der Waals surface area contributed by atoms with E-state index in [1.54, 1.807) is 11.7 Å². The van der Waals surface area contributed by atoms with Crippen LogP contribution < -0.4 is 5.56 Å². The highest BCUT2D eigenvalue weighted by atomic mass is 16.2. The average molecular weight is 443 g/mol. The van der Waals surface area contributed by atoms with Crippen LogP contribution in [0.3, 0.4) is 0 Å². The lowest BCUT2D eigenvalue weighted by Crippen LogP contribution is -2.48. The minimum atomic E-state index is -0.236. The molecule has 168 valence electrons. The summed E-state index contributed by atoms with van der Waals surface area (Å²) in [4.78, 5) is 35.0. The first-order valence-corrected chi connectivity index (χ1v) is 11.1. The third-order valence-corrected chi connectivity index (χ3v) is 6.13. The number of benzene rings is 2. The second-order valence-electron chi connectivity index (χ2n) is 8.51. The van der Waals surface area contributed by atoms with E-state index in [2.05, 4.69) is 27.1 Å². The molecule has 2 aromatic heterocycles. The lowest BCUT2D eigenvalue weighted by molar-refractivity contribution is 0.0624. The van der Waals surface area contributed by atoms with Crippen molar-refractivity contribution in [1.82, 2.24) is 29.1 Å². The maximum Gasteiger partial charge on any atom is 0.279 e. The molecule has 0 bridgehead atoms. The Labute approximate surface area is 191 Å². The highest BCUT2D eigenvalue weighted by molar-refractivity contribution is 6.03. The van der Waals surface area contributed by atoms with Crippen molar-refractivity contribution in [3.63, 3.8) is 0 Å². The first-order chi connectivity index (χ1) is 16.0. The van der Waals surface area contributed by atoms with Gasteiger partial charge in [0.15, 0.2) is 11.2 Å². The molecule has 0 aliphatic carbocycles. The van der Waals surface area contributed by atoms with Crippen molar-refractivity contribution in [3.05, 3.63) is 88.1 Å². The van der Waals surface area contributed by atoms with Crippen LogP contribution in [-0.2, 0) is 13.6 Å². The van der Waals surface area contributed by atoms with E-state index in [1.165, 1.54) is 16.5 Å². The van der Waals surface area contributed by atoms with Crippen LogP contribution in [0.5, 0.6) is 0 Å². The van der Waals surface area contributed by atoms with E-state index in [0.29, 0.717) is 24.1 Å². The van der Waals surface area contributed by atoms with E-state index < -0.39 is 0 Å². The second kappa shape index (κ2) is 8.63. The normalized spacial score (nSPS) is 14.7. The van der Waals surface area contributed by atoms with Gasteiger partial charge in [0.05, 0.1) is 12.0 Å². The average Bonchev–Trinajstić information content (AvgIpc) is 3.23. The number of aromatic nitrogens is 4. The van der Waals surface area contributed by atoms with Crippen LogP contribution in [0.1, 0.15) is 21.6 Å². The van der Waals surface area contributed by atoms with Crippen LogP contribution in [0, 0.1) is 6.92 Å². The zero-order chi connectivity index (χ0) is 22.9. The molecule has 1 saturated heterocycles. The van der Waals surface area contributed by atoms with Gasteiger partial charge < -0.3 is 9.47 Å². The number of hydrogen-bond donors (Lipinski definition) is 0. The Morgan fingerprint density at radius 2 is 1.67 bits per heavy atom. The van der Waals surface area contributed by atoms with Gasteiger partial charge in [-0.1, -0.05) is 48.0 Å². The van der Waals surface area contributed by atoms with Crippen LogP contribution in [0.4, 0.5) is 0 Å². The number of carbonyl (C=O) groups excluding carboxylic acids is 1. The summed E-state index contributed by atoms with van der Waals surface area (Å²) in [5.41, 5.74) is 3.73. The van der Waals surface area contributed by atoms with Crippen LogP contribution in [-0.4, -0.2) is 61.2 Å². The topological polar surface area (TPSA) is 76.3 Å². The molecule has 8 heteroatoms. The van der Waals surface area contributed by atoms with E-state index in [0.717, 1.165) is 30.9 Å². The predicted molar refractivity (Wildman–Crippen MR) is 126 cm³/mol. The number of amides is 1. The summed E-state index contributed by atoms with van der Waals surface area (Å²) in [5, 5.41) is 4.59. The Hall–Kier alpha value is -3.78. The largest absolute Gasteiger partial charge is 0.335 e. The van der Waals surface area contributed by atoms with Gasteiger partial charge in [-0.2, -0.15) is 5.10 Å². The van der Waals surface area contributed by atoms with Crippen molar-refractivity contribution in [2.45, 2.75) is 13.5 Å². The minimum absolute atomic E-state index is 0.189. The molecule has 5 rings (SSSR count). The zero-order valence-corrected chi connectivity index (χ0v) is 18.8. The Morgan fingerprint density at radius 1 is 0.970 bits per heavy atom. The molecule has 1 aliphatic rings. The molecular weight excluding hydrogens is 416 g/mol. The summed E-state index contributed by atoms with van der Waals surface area (Å²) < 4.78 is 2.95. The highest BCUT2D eigenvalue weighted by Crippen LogP contribution is 2.20. The van der Waals surface area contributed by atoms with Gasteiger partial charge in [-0.05, 0) is 24.6 Å². The maximum atomic E-state index is 13.5. The molecule has 1 amide bonds. The fourth-order valence-corrected chi connectivity index (χ4v) is 4.21. The lowest BCUT2D eigenvalue weighted by atomic mass is 10.2. The van der Waals surface area contributed by atoms with E-state index in [9.17, 15) is 9.59 Å². The van der Waals surface area contributed by atoms with Crippen molar-refractivity contribution in [1.29, 1.82) is 0 Å². The summed E-state index contributed by atoms with van der Waals surface area (Å²) in [6.45, 7) is 5.65. The first-order valence-electron chi connectivity index (χ1n) is 11.1. The molecule has 0 saturated carbocycles. The smallest absolute Gasteiger partial charge is 0.279 e. The van der Waals surface area contributed by atoms with Gasteiger partial charge in [-0.15, -0.1) is 0 Å². The van der Waals surface area contributed by atoms with Gasteiger partial charge in [-0.3, -0.25) is 14.5 Å². The molecule has 0 unspecified atom stereocenters. The third-order valence-electron chi connectivity index (χ3n) is 6.13. The van der Waals surface area contributed by atoms with E-state index in [-0.39, 0.29) is 17.2 Å². The zero-order valence-electron chi connectivity index (χ0n) is 18.8. The number of carbonyl (C=O) groups is 1. The summed E-state index contributed by atoms with van der Waals surface area (Å²) in [6, 6.07) is 18.0. The van der Waals surface area contributed by atoms with Gasteiger partial charge in [-0.25, -0.2) is 9.67 Å². The summed E-state index contributed by atoms with van der Waals surface area (Å²) in [6.07, 6.45) is 1.44. The number of piperazine rings is 1.